The van der Waals surface area contributed by atoms with E-state index in [1.165, 1.54) is 18.6 Å². The van der Waals surface area contributed by atoms with Gasteiger partial charge in [0.15, 0.2) is 0 Å². The van der Waals surface area contributed by atoms with Gasteiger partial charge in [0.05, 0.1) is 5.69 Å². The Balaban J connectivity index is 2.31. The molecule has 0 spiro atoms. The fourth-order valence-corrected chi connectivity index (χ4v) is 2.40. The fraction of sp³-hybridized carbons (Fsp3) is 0.786. The van der Waals surface area contributed by atoms with Crippen molar-refractivity contribution in [3.05, 3.63) is 11.9 Å². The van der Waals surface area contributed by atoms with Crippen LogP contribution in [-0.4, -0.2) is 41.3 Å². The van der Waals surface area contributed by atoms with E-state index in [1.54, 1.807) is 0 Å². The zero-order valence-corrected chi connectivity index (χ0v) is 13.3. The lowest BCUT2D eigenvalue weighted by molar-refractivity contribution is 0.142. The number of thioether (sulfide) groups is 1. The summed E-state index contributed by atoms with van der Waals surface area (Å²) in [6.45, 7) is 7.65. The molecular formula is C14H27N3OS. The molecule has 1 heterocycles. The van der Waals surface area contributed by atoms with Crippen molar-refractivity contribution < 1.29 is 4.74 Å². The van der Waals surface area contributed by atoms with Gasteiger partial charge >= 0.3 is 0 Å². The Hall–Kier alpha value is -0.680. The van der Waals surface area contributed by atoms with Crippen molar-refractivity contribution in [2.45, 2.75) is 39.7 Å². The van der Waals surface area contributed by atoms with Gasteiger partial charge in [-0.1, -0.05) is 0 Å². The van der Waals surface area contributed by atoms with Gasteiger partial charge < -0.3 is 14.6 Å². The summed E-state index contributed by atoms with van der Waals surface area (Å²) in [7, 11) is 0. The summed E-state index contributed by atoms with van der Waals surface area (Å²) in [6.07, 6.45) is 7.76. The van der Waals surface area contributed by atoms with Gasteiger partial charge in [-0.2, -0.15) is 11.8 Å². The molecule has 1 aromatic heterocycles. The lowest BCUT2D eigenvalue weighted by Gasteiger charge is -2.09. The third-order valence-electron chi connectivity index (χ3n) is 2.85. The normalized spacial score (nSPS) is 10.9. The van der Waals surface area contributed by atoms with E-state index in [4.69, 9.17) is 4.74 Å². The summed E-state index contributed by atoms with van der Waals surface area (Å²) in [5.74, 6) is 2.24. The summed E-state index contributed by atoms with van der Waals surface area (Å²) >= 11 is 1.91. The number of nitrogens with one attached hydrogen (secondary N) is 1. The second-order valence-electron chi connectivity index (χ2n) is 4.58. The van der Waals surface area contributed by atoms with E-state index in [-0.39, 0.29) is 0 Å². The Bertz CT molecular complexity index is 341. The molecule has 19 heavy (non-hydrogen) atoms. The van der Waals surface area contributed by atoms with E-state index in [2.05, 4.69) is 27.3 Å². The summed E-state index contributed by atoms with van der Waals surface area (Å²) in [5, 5.41) is 3.44. The van der Waals surface area contributed by atoms with Crippen molar-refractivity contribution in [1.82, 2.24) is 9.55 Å². The van der Waals surface area contributed by atoms with Crippen molar-refractivity contribution in [1.29, 1.82) is 0 Å². The van der Waals surface area contributed by atoms with Gasteiger partial charge in [-0.05, 0) is 45.1 Å². The highest BCUT2D eigenvalue weighted by Crippen LogP contribution is 2.10. The number of imidazole rings is 1. The number of rotatable bonds is 11. The maximum Gasteiger partial charge on any atom is 0.203 e. The zero-order chi connectivity index (χ0) is 13.9. The minimum Gasteiger partial charge on any atom is -0.382 e. The van der Waals surface area contributed by atoms with Crippen molar-refractivity contribution in [2.24, 2.45) is 0 Å². The Morgan fingerprint density at radius 1 is 1.37 bits per heavy atom. The van der Waals surface area contributed by atoms with Crippen LogP contribution in [0, 0.1) is 6.92 Å². The maximum atomic E-state index is 5.37. The van der Waals surface area contributed by atoms with Gasteiger partial charge in [0.1, 0.15) is 0 Å². The van der Waals surface area contributed by atoms with Crippen LogP contribution >= 0.6 is 11.8 Å². The second-order valence-corrected chi connectivity index (χ2v) is 5.56. The monoisotopic (exact) mass is 285 g/mol. The molecule has 0 atom stereocenters. The first-order chi connectivity index (χ1) is 9.27. The number of aromatic nitrogens is 2. The van der Waals surface area contributed by atoms with Crippen LogP contribution in [0.1, 0.15) is 31.9 Å². The molecule has 5 heteroatoms. The fourth-order valence-electron chi connectivity index (χ4n) is 1.91. The summed E-state index contributed by atoms with van der Waals surface area (Å²) in [6, 6.07) is 0. The molecule has 1 aromatic rings. The highest BCUT2D eigenvalue weighted by Gasteiger charge is 2.04. The van der Waals surface area contributed by atoms with Gasteiger partial charge in [-0.3, -0.25) is 0 Å². The molecule has 0 aliphatic rings. The first-order valence-corrected chi connectivity index (χ1v) is 8.51. The second kappa shape index (κ2) is 10.1. The molecule has 1 rings (SSSR count). The molecule has 4 nitrogen and oxygen atoms in total. The van der Waals surface area contributed by atoms with Crippen LogP contribution in [0.4, 0.5) is 5.95 Å². The minimum absolute atomic E-state index is 0.795. The SMILES string of the molecule is CCOCCCn1cc(C)nc1NCCCCSC. The quantitative estimate of drug-likeness (QED) is 0.634. The van der Waals surface area contributed by atoms with Crippen LogP contribution in [-0.2, 0) is 11.3 Å². The molecule has 0 radical (unpaired) electrons. The Morgan fingerprint density at radius 2 is 2.21 bits per heavy atom. The van der Waals surface area contributed by atoms with Gasteiger partial charge in [-0.15, -0.1) is 0 Å². The number of hydrogen-bond donors (Lipinski definition) is 1. The van der Waals surface area contributed by atoms with Gasteiger partial charge in [0.2, 0.25) is 5.95 Å². The number of nitrogens with zero attached hydrogens (tertiary/aromatic N) is 2. The molecule has 1 N–H and O–H groups in total. The van der Waals surface area contributed by atoms with Crippen LogP contribution in [0.3, 0.4) is 0 Å². The van der Waals surface area contributed by atoms with E-state index in [1.807, 2.05) is 25.6 Å². The van der Waals surface area contributed by atoms with Crippen molar-refractivity contribution >= 4 is 17.7 Å². The number of hydrogen-bond acceptors (Lipinski definition) is 4. The Morgan fingerprint density at radius 3 is 2.95 bits per heavy atom. The lowest BCUT2D eigenvalue weighted by Crippen LogP contribution is -2.10. The molecule has 0 aromatic carbocycles. The summed E-state index contributed by atoms with van der Waals surface area (Å²) in [4.78, 5) is 4.53. The smallest absolute Gasteiger partial charge is 0.203 e. The molecule has 110 valence electrons. The topological polar surface area (TPSA) is 39.1 Å². The number of ether oxygens (including phenoxy) is 1. The molecule has 0 saturated carbocycles. The number of aryl methyl sites for hydroxylation is 2. The first-order valence-electron chi connectivity index (χ1n) is 7.12. The van der Waals surface area contributed by atoms with Crippen molar-refractivity contribution in [2.75, 3.05) is 37.1 Å². The third-order valence-corrected chi connectivity index (χ3v) is 3.54. The Kier molecular flexibility index (Phi) is 8.75. The predicted molar refractivity (Wildman–Crippen MR) is 84.2 cm³/mol. The van der Waals surface area contributed by atoms with Crippen LogP contribution in [0.2, 0.25) is 0 Å². The van der Waals surface area contributed by atoms with Crippen LogP contribution < -0.4 is 5.32 Å². The highest BCUT2D eigenvalue weighted by atomic mass is 32.2. The van der Waals surface area contributed by atoms with Crippen LogP contribution in [0.5, 0.6) is 0 Å². The van der Waals surface area contributed by atoms with Crippen molar-refractivity contribution in [3.63, 3.8) is 0 Å². The minimum atomic E-state index is 0.795. The van der Waals surface area contributed by atoms with E-state index in [0.29, 0.717) is 0 Å². The van der Waals surface area contributed by atoms with E-state index in [0.717, 1.165) is 44.4 Å². The predicted octanol–water partition coefficient (Wildman–Crippen LogP) is 3.17. The average molecular weight is 285 g/mol. The summed E-state index contributed by atoms with van der Waals surface area (Å²) < 4.78 is 7.57. The van der Waals surface area contributed by atoms with Gasteiger partial charge in [0, 0.05) is 32.5 Å². The van der Waals surface area contributed by atoms with E-state index >= 15 is 0 Å². The molecule has 0 unspecified atom stereocenters. The Labute approximate surface area is 121 Å². The average Bonchev–Trinajstić information content (AvgIpc) is 2.75. The van der Waals surface area contributed by atoms with Gasteiger partial charge in [-0.25, -0.2) is 4.98 Å². The standard InChI is InChI=1S/C14H27N3OS/c1-4-18-10-7-9-17-12-13(2)16-14(17)15-8-5-6-11-19-3/h12H,4-11H2,1-3H3,(H,15,16). The zero-order valence-electron chi connectivity index (χ0n) is 12.4. The van der Waals surface area contributed by atoms with E-state index < -0.39 is 0 Å². The first kappa shape index (κ1) is 16.4. The maximum absolute atomic E-state index is 5.37. The molecule has 0 aliphatic carbocycles. The molecule has 0 aliphatic heterocycles. The molecule has 0 fully saturated rings. The number of anilines is 1. The molecule has 0 bridgehead atoms. The molecule has 0 saturated heterocycles. The lowest BCUT2D eigenvalue weighted by atomic mass is 10.3. The molecule has 0 amide bonds. The van der Waals surface area contributed by atoms with Crippen LogP contribution in [0.15, 0.2) is 6.20 Å². The van der Waals surface area contributed by atoms with Crippen LogP contribution in [0.25, 0.3) is 0 Å². The summed E-state index contributed by atoms with van der Waals surface area (Å²) in [5.41, 5.74) is 1.07. The molecular weight excluding hydrogens is 258 g/mol. The van der Waals surface area contributed by atoms with Crippen molar-refractivity contribution in [3.8, 4) is 0 Å². The largest absolute Gasteiger partial charge is 0.382 e. The third kappa shape index (κ3) is 6.87. The van der Waals surface area contributed by atoms with E-state index in [9.17, 15) is 0 Å². The van der Waals surface area contributed by atoms with Gasteiger partial charge in [0.25, 0.3) is 0 Å². The highest BCUT2D eigenvalue weighted by molar-refractivity contribution is 7.98. The number of unbranched alkanes of at least 4 members (excludes halogenated alkanes) is 1.